The minimum atomic E-state index is -0.255. The van der Waals surface area contributed by atoms with Crippen molar-refractivity contribution >= 4 is 39.1 Å². The molecule has 0 aliphatic heterocycles. The third-order valence-electron chi connectivity index (χ3n) is 2.91. The van der Waals surface area contributed by atoms with Gasteiger partial charge in [0.2, 0.25) is 0 Å². The van der Waals surface area contributed by atoms with E-state index in [4.69, 9.17) is 16.3 Å². The molecule has 0 aliphatic carbocycles. The number of carbonyl (C=O) groups is 1. The van der Waals surface area contributed by atoms with Crippen molar-refractivity contribution in [1.82, 2.24) is 0 Å². The molecule has 5 heteroatoms. The van der Waals surface area contributed by atoms with Gasteiger partial charge in [-0.15, -0.1) is 0 Å². The number of aryl methyl sites for hydroxylation is 1. The first-order valence-electron chi connectivity index (χ1n) is 6.55. The zero-order chi connectivity index (χ0) is 15.2. The lowest BCUT2D eigenvalue weighted by atomic mass is 10.2. The quantitative estimate of drug-likeness (QED) is 0.832. The van der Waals surface area contributed by atoms with Crippen molar-refractivity contribution in [1.29, 1.82) is 0 Å². The minimum Gasteiger partial charge on any atom is -0.483 e. The van der Waals surface area contributed by atoms with E-state index in [1.807, 2.05) is 24.3 Å². The number of para-hydroxylation sites is 1. The fraction of sp³-hybridized carbons (Fsp3) is 0.188. The number of halogens is 2. The van der Waals surface area contributed by atoms with Crippen LogP contribution >= 0.6 is 27.5 Å². The monoisotopic (exact) mass is 367 g/mol. The molecular formula is C16H15BrClNO2. The second-order valence-electron chi connectivity index (χ2n) is 4.44. The highest BCUT2D eigenvalue weighted by atomic mass is 79.9. The first-order chi connectivity index (χ1) is 10.1. The fourth-order valence-corrected chi connectivity index (χ4v) is 2.50. The summed E-state index contributed by atoms with van der Waals surface area (Å²) in [5.74, 6) is 0.385. The Labute approximate surface area is 137 Å². The van der Waals surface area contributed by atoms with E-state index in [1.54, 1.807) is 18.2 Å². The van der Waals surface area contributed by atoms with Gasteiger partial charge in [-0.1, -0.05) is 36.7 Å². The number of rotatable bonds is 5. The molecule has 2 rings (SSSR count). The van der Waals surface area contributed by atoms with Crippen LogP contribution in [-0.2, 0) is 11.2 Å². The maximum Gasteiger partial charge on any atom is 0.262 e. The Balaban J connectivity index is 1.94. The number of benzene rings is 2. The van der Waals surface area contributed by atoms with Gasteiger partial charge in [-0.05, 0) is 52.2 Å². The topological polar surface area (TPSA) is 38.3 Å². The van der Waals surface area contributed by atoms with Gasteiger partial charge in [0, 0.05) is 0 Å². The van der Waals surface area contributed by atoms with Crippen molar-refractivity contribution < 1.29 is 9.53 Å². The van der Waals surface area contributed by atoms with Crippen LogP contribution in [0.1, 0.15) is 12.5 Å². The lowest BCUT2D eigenvalue weighted by Gasteiger charge is -2.10. The number of anilines is 1. The second kappa shape index (κ2) is 7.48. The average Bonchev–Trinajstić information content (AvgIpc) is 2.48. The van der Waals surface area contributed by atoms with E-state index < -0.39 is 0 Å². The second-order valence-corrected chi connectivity index (χ2v) is 5.70. The summed E-state index contributed by atoms with van der Waals surface area (Å²) in [6.07, 6.45) is 0.950. The minimum absolute atomic E-state index is 0.0741. The van der Waals surface area contributed by atoms with Crippen LogP contribution in [0.4, 0.5) is 5.69 Å². The Morgan fingerprint density at radius 1 is 1.29 bits per heavy atom. The molecule has 3 nitrogen and oxygen atoms in total. The summed E-state index contributed by atoms with van der Waals surface area (Å²) < 4.78 is 6.35. The van der Waals surface area contributed by atoms with E-state index >= 15 is 0 Å². The molecule has 0 saturated heterocycles. The number of hydrogen-bond donors (Lipinski definition) is 1. The Hall–Kier alpha value is -1.52. The molecule has 0 unspecified atom stereocenters. The molecule has 2 aromatic rings. The van der Waals surface area contributed by atoms with Gasteiger partial charge in [0.25, 0.3) is 5.91 Å². The molecule has 0 fully saturated rings. The highest BCUT2D eigenvalue weighted by Crippen LogP contribution is 2.26. The van der Waals surface area contributed by atoms with Gasteiger partial charge in [0.05, 0.1) is 15.2 Å². The number of amides is 1. The fourth-order valence-electron chi connectivity index (χ4n) is 1.77. The van der Waals surface area contributed by atoms with Gasteiger partial charge in [-0.25, -0.2) is 0 Å². The van der Waals surface area contributed by atoms with E-state index in [-0.39, 0.29) is 12.5 Å². The lowest BCUT2D eigenvalue weighted by molar-refractivity contribution is -0.118. The van der Waals surface area contributed by atoms with E-state index in [0.29, 0.717) is 16.5 Å². The highest BCUT2D eigenvalue weighted by molar-refractivity contribution is 9.10. The van der Waals surface area contributed by atoms with Crippen LogP contribution < -0.4 is 10.1 Å². The van der Waals surface area contributed by atoms with Crippen molar-refractivity contribution in [2.75, 3.05) is 11.9 Å². The molecule has 0 saturated carbocycles. The largest absolute Gasteiger partial charge is 0.483 e. The van der Waals surface area contributed by atoms with Gasteiger partial charge in [-0.2, -0.15) is 0 Å². The van der Waals surface area contributed by atoms with Crippen LogP contribution in [0.2, 0.25) is 5.02 Å². The van der Waals surface area contributed by atoms with E-state index in [2.05, 4.69) is 28.2 Å². The highest BCUT2D eigenvalue weighted by Gasteiger charge is 2.08. The molecule has 1 N–H and O–H groups in total. The van der Waals surface area contributed by atoms with Gasteiger partial charge in [0.1, 0.15) is 5.75 Å². The molecule has 0 aliphatic rings. The summed E-state index contributed by atoms with van der Waals surface area (Å²) >= 11 is 9.42. The van der Waals surface area contributed by atoms with Crippen LogP contribution in [-0.4, -0.2) is 12.5 Å². The molecule has 110 valence electrons. The molecule has 2 aromatic carbocycles. The number of ether oxygens (including phenoxy) is 1. The van der Waals surface area contributed by atoms with Crippen molar-refractivity contribution in [3.8, 4) is 5.75 Å². The third kappa shape index (κ3) is 4.48. The van der Waals surface area contributed by atoms with Gasteiger partial charge >= 0.3 is 0 Å². The summed E-state index contributed by atoms with van der Waals surface area (Å²) in [4.78, 5) is 11.9. The van der Waals surface area contributed by atoms with Crippen LogP contribution in [0.3, 0.4) is 0 Å². The maximum atomic E-state index is 11.9. The summed E-state index contributed by atoms with van der Waals surface area (Å²) in [5, 5.41) is 3.21. The molecule has 0 radical (unpaired) electrons. The zero-order valence-electron chi connectivity index (χ0n) is 11.5. The first-order valence-corrected chi connectivity index (χ1v) is 7.73. The van der Waals surface area contributed by atoms with E-state index in [0.717, 1.165) is 10.9 Å². The van der Waals surface area contributed by atoms with Gasteiger partial charge in [0.15, 0.2) is 6.61 Å². The molecule has 0 aromatic heterocycles. The summed E-state index contributed by atoms with van der Waals surface area (Å²) in [7, 11) is 0. The summed E-state index contributed by atoms with van der Waals surface area (Å²) in [6.45, 7) is 2.01. The van der Waals surface area contributed by atoms with Crippen LogP contribution in [0, 0.1) is 0 Å². The zero-order valence-corrected chi connectivity index (χ0v) is 13.9. The van der Waals surface area contributed by atoms with Gasteiger partial charge in [-0.3, -0.25) is 4.79 Å². The average molecular weight is 369 g/mol. The van der Waals surface area contributed by atoms with Crippen molar-refractivity contribution in [3.63, 3.8) is 0 Å². The van der Waals surface area contributed by atoms with Crippen molar-refractivity contribution in [2.24, 2.45) is 0 Å². The Bertz CT molecular complexity index is 646. The Morgan fingerprint density at radius 3 is 2.71 bits per heavy atom. The lowest BCUT2D eigenvalue weighted by Crippen LogP contribution is -2.20. The molecule has 21 heavy (non-hydrogen) atoms. The van der Waals surface area contributed by atoms with Crippen LogP contribution in [0.5, 0.6) is 5.75 Å². The predicted molar refractivity (Wildman–Crippen MR) is 89.1 cm³/mol. The normalized spacial score (nSPS) is 10.2. The van der Waals surface area contributed by atoms with Crippen molar-refractivity contribution in [2.45, 2.75) is 13.3 Å². The van der Waals surface area contributed by atoms with Crippen molar-refractivity contribution in [3.05, 3.63) is 57.5 Å². The Kier molecular flexibility index (Phi) is 5.65. The number of carbonyl (C=O) groups excluding carboxylic acids is 1. The smallest absolute Gasteiger partial charge is 0.262 e. The molecule has 1 amide bonds. The molecular weight excluding hydrogens is 354 g/mol. The SMILES string of the molecule is CCc1ccc(OCC(=O)Nc2ccccc2Cl)c(Br)c1. The standard InChI is InChI=1S/C16H15BrClNO2/c1-2-11-7-8-15(12(17)9-11)21-10-16(20)19-14-6-4-3-5-13(14)18/h3-9H,2,10H2,1H3,(H,19,20). The van der Waals surface area contributed by atoms with Crippen LogP contribution in [0.15, 0.2) is 46.9 Å². The van der Waals surface area contributed by atoms with E-state index in [9.17, 15) is 4.79 Å². The van der Waals surface area contributed by atoms with Gasteiger partial charge < -0.3 is 10.1 Å². The molecule has 0 atom stereocenters. The molecule has 0 heterocycles. The molecule has 0 spiro atoms. The van der Waals surface area contributed by atoms with E-state index in [1.165, 1.54) is 5.56 Å². The molecule has 0 bridgehead atoms. The number of hydrogen-bond acceptors (Lipinski definition) is 2. The summed E-state index contributed by atoms with van der Waals surface area (Å²) in [5.41, 5.74) is 1.78. The summed E-state index contributed by atoms with van der Waals surface area (Å²) in [6, 6.07) is 12.9. The number of nitrogens with one attached hydrogen (secondary N) is 1. The first kappa shape index (κ1) is 15.9. The Morgan fingerprint density at radius 2 is 2.05 bits per heavy atom. The predicted octanol–water partition coefficient (Wildman–Crippen LogP) is 4.68. The third-order valence-corrected chi connectivity index (χ3v) is 3.86. The van der Waals surface area contributed by atoms with Crippen LogP contribution in [0.25, 0.3) is 0 Å². The maximum absolute atomic E-state index is 11.9.